The van der Waals surface area contributed by atoms with Gasteiger partial charge in [-0.15, -0.1) is 0 Å². The largest absolute Gasteiger partial charge is 0.457 e. The van der Waals surface area contributed by atoms with Crippen LogP contribution in [0.2, 0.25) is 0 Å². The Morgan fingerprint density at radius 2 is 1.82 bits per heavy atom. The van der Waals surface area contributed by atoms with E-state index in [0.717, 1.165) is 10.0 Å². The summed E-state index contributed by atoms with van der Waals surface area (Å²) in [6.45, 7) is 5.36. The number of nitrogens with zero attached hydrogens (tertiary/aromatic N) is 1. The summed E-state index contributed by atoms with van der Waals surface area (Å²) in [4.78, 5) is 12.2. The van der Waals surface area contributed by atoms with E-state index >= 15 is 0 Å². The summed E-state index contributed by atoms with van der Waals surface area (Å²) < 4.78 is 6.70. The highest BCUT2D eigenvalue weighted by molar-refractivity contribution is 9.10. The molecule has 112 valence electrons. The Balaban J connectivity index is 2.31. The molecule has 0 fully saturated rings. The molecule has 0 aliphatic heterocycles. The molecule has 3 nitrogen and oxygen atoms in total. The summed E-state index contributed by atoms with van der Waals surface area (Å²) in [5.74, 6) is 0.989. The first-order valence-corrected chi connectivity index (χ1v) is 7.63. The van der Waals surface area contributed by atoms with Gasteiger partial charge < -0.3 is 4.42 Å². The minimum atomic E-state index is -0.595. The predicted octanol–water partition coefficient (Wildman–Crippen LogP) is 5.23. The fourth-order valence-electron chi connectivity index (χ4n) is 1.89. The Morgan fingerprint density at radius 3 is 2.36 bits per heavy atom. The van der Waals surface area contributed by atoms with E-state index in [4.69, 9.17) is 4.42 Å². The zero-order valence-corrected chi connectivity index (χ0v) is 14.3. The molecular formula is C18H16BrNO2. The zero-order chi connectivity index (χ0) is 16.3. The van der Waals surface area contributed by atoms with Gasteiger partial charge in [0, 0.05) is 21.5 Å². The first kappa shape index (κ1) is 16.3. The normalized spacial score (nSPS) is 12.0. The van der Waals surface area contributed by atoms with Crippen molar-refractivity contribution in [1.82, 2.24) is 0 Å². The highest BCUT2D eigenvalue weighted by Gasteiger charge is 2.25. The lowest BCUT2D eigenvalue weighted by Gasteiger charge is -2.15. The van der Waals surface area contributed by atoms with Crippen LogP contribution in [0, 0.1) is 16.7 Å². The molecule has 1 aromatic heterocycles. The first-order chi connectivity index (χ1) is 10.3. The molecule has 0 radical (unpaired) electrons. The van der Waals surface area contributed by atoms with E-state index < -0.39 is 5.41 Å². The van der Waals surface area contributed by atoms with E-state index in [1.54, 1.807) is 26.8 Å². The maximum atomic E-state index is 12.2. The average molecular weight is 358 g/mol. The number of furan rings is 1. The Morgan fingerprint density at radius 1 is 1.18 bits per heavy atom. The number of hydrogen-bond donors (Lipinski definition) is 0. The standard InChI is InChI=1S/C18H16BrNO2/c1-18(2,3)17(21)13(11-20)10-15-8-9-16(22-15)12-4-6-14(19)7-5-12/h4-10H,1-3H3/b13-10+. The lowest BCUT2D eigenvalue weighted by molar-refractivity contribution is -0.121. The Kier molecular flexibility index (Phi) is 4.68. The van der Waals surface area contributed by atoms with Crippen LogP contribution >= 0.6 is 15.9 Å². The van der Waals surface area contributed by atoms with E-state index in [0.29, 0.717) is 11.5 Å². The molecule has 0 aliphatic rings. The molecule has 0 saturated heterocycles. The fourth-order valence-corrected chi connectivity index (χ4v) is 2.16. The van der Waals surface area contributed by atoms with Crippen LogP contribution in [-0.4, -0.2) is 5.78 Å². The number of carbonyl (C=O) groups excluding carboxylic acids is 1. The van der Waals surface area contributed by atoms with E-state index in [2.05, 4.69) is 15.9 Å². The summed E-state index contributed by atoms with van der Waals surface area (Å²) >= 11 is 3.39. The van der Waals surface area contributed by atoms with Crippen LogP contribution in [0.3, 0.4) is 0 Å². The lowest BCUT2D eigenvalue weighted by atomic mass is 9.86. The van der Waals surface area contributed by atoms with E-state index in [9.17, 15) is 10.1 Å². The third-order valence-electron chi connectivity index (χ3n) is 3.09. The number of nitriles is 1. The second-order valence-electron chi connectivity index (χ2n) is 5.96. The molecule has 0 unspecified atom stereocenters. The lowest BCUT2D eigenvalue weighted by Crippen LogP contribution is -2.21. The van der Waals surface area contributed by atoms with Crippen LogP contribution < -0.4 is 0 Å². The third-order valence-corrected chi connectivity index (χ3v) is 3.62. The molecule has 1 aromatic carbocycles. The van der Waals surface area contributed by atoms with Crippen molar-refractivity contribution in [2.75, 3.05) is 0 Å². The Hall–Kier alpha value is -2.12. The van der Waals surface area contributed by atoms with E-state index in [-0.39, 0.29) is 11.4 Å². The molecule has 2 aromatic rings. The molecule has 0 spiro atoms. The smallest absolute Gasteiger partial charge is 0.178 e. The van der Waals surface area contributed by atoms with Gasteiger partial charge >= 0.3 is 0 Å². The van der Waals surface area contributed by atoms with E-state index in [1.165, 1.54) is 6.08 Å². The summed E-state index contributed by atoms with van der Waals surface area (Å²) in [5, 5.41) is 9.19. The van der Waals surface area contributed by atoms with Crippen LogP contribution in [0.1, 0.15) is 26.5 Å². The van der Waals surface area contributed by atoms with E-state index in [1.807, 2.05) is 36.4 Å². The summed E-state index contributed by atoms with van der Waals surface area (Å²) in [6, 6.07) is 13.3. The van der Waals surface area contributed by atoms with Crippen molar-refractivity contribution in [3.05, 3.63) is 52.2 Å². The number of ketones is 1. The first-order valence-electron chi connectivity index (χ1n) is 6.83. The molecule has 0 bridgehead atoms. The quantitative estimate of drug-likeness (QED) is 0.558. The SMILES string of the molecule is CC(C)(C)C(=O)/C(C#N)=C/c1ccc(-c2ccc(Br)cc2)o1. The summed E-state index contributed by atoms with van der Waals surface area (Å²) in [6.07, 6.45) is 1.50. The van der Waals surface area contributed by atoms with Gasteiger partial charge in [0.2, 0.25) is 0 Å². The molecule has 0 N–H and O–H groups in total. The second kappa shape index (κ2) is 6.33. The van der Waals surface area contributed by atoms with Gasteiger partial charge in [-0.3, -0.25) is 4.79 Å². The number of allylic oxidation sites excluding steroid dienone is 1. The van der Waals surface area contributed by atoms with Gasteiger partial charge in [-0.25, -0.2) is 0 Å². The number of benzene rings is 1. The monoisotopic (exact) mass is 357 g/mol. The number of rotatable bonds is 3. The molecule has 0 saturated carbocycles. The molecular weight excluding hydrogens is 342 g/mol. The molecule has 2 rings (SSSR count). The zero-order valence-electron chi connectivity index (χ0n) is 12.7. The van der Waals surface area contributed by atoms with Gasteiger partial charge in [-0.1, -0.05) is 48.8 Å². The minimum absolute atomic E-state index is 0.101. The second-order valence-corrected chi connectivity index (χ2v) is 6.87. The minimum Gasteiger partial charge on any atom is -0.457 e. The Labute approximate surface area is 138 Å². The van der Waals surface area contributed by atoms with Crippen molar-refractivity contribution >= 4 is 27.8 Å². The van der Waals surface area contributed by atoms with Gasteiger partial charge in [0.05, 0.1) is 5.57 Å². The fraction of sp³-hybridized carbons (Fsp3) is 0.222. The van der Waals surface area contributed by atoms with Crippen molar-refractivity contribution in [3.8, 4) is 17.4 Å². The van der Waals surface area contributed by atoms with Crippen molar-refractivity contribution in [1.29, 1.82) is 5.26 Å². The Bertz CT molecular complexity index is 756. The maximum Gasteiger partial charge on any atom is 0.178 e. The number of hydrogen-bond acceptors (Lipinski definition) is 3. The predicted molar refractivity (Wildman–Crippen MR) is 89.9 cm³/mol. The van der Waals surface area contributed by atoms with Gasteiger partial charge in [-0.2, -0.15) is 5.26 Å². The van der Waals surface area contributed by atoms with Gasteiger partial charge in [0.15, 0.2) is 5.78 Å². The number of carbonyl (C=O) groups is 1. The van der Waals surface area contributed by atoms with Crippen molar-refractivity contribution in [3.63, 3.8) is 0 Å². The molecule has 1 heterocycles. The number of halogens is 1. The molecule has 0 atom stereocenters. The maximum absolute atomic E-state index is 12.2. The van der Waals surface area contributed by atoms with Crippen LogP contribution in [0.25, 0.3) is 17.4 Å². The van der Waals surface area contributed by atoms with Crippen LogP contribution in [0.5, 0.6) is 0 Å². The summed E-state index contributed by atoms with van der Waals surface area (Å²) in [7, 11) is 0. The number of Topliss-reactive ketones (excluding diaryl/α,β-unsaturated/α-hetero) is 1. The molecule has 0 amide bonds. The highest BCUT2D eigenvalue weighted by Crippen LogP contribution is 2.26. The third kappa shape index (κ3) is 3.75. The van der Waals surface area contributed by atoms with Gasteiger partial charge in [0.1, 0.15) is 17.6 Å². The average Bonchev–Trinajstić information content (AvgIpc) is 2.92. The topological polar surface area (TPSA) is 54.0 Å². The van der Waals surface area contributed by atoms with Crippen LogP contribution in [0.4, 0.5) is 0 Å². The van der Waals surface area contributed by atoms with Crippen molar-refractivity contribution in [2.45, 2.75) is 20.8 Å². The van der Waals surface area contributed by atoms with Gasteiger partial charge in [0.25, 0.3) is 0 Å². The molecule has 22 heavy (non-hydrogen) atoms. The molecule has 0 aliphatic carbocycles. The summed E-state index contributed by atoms with van der Waals surface area (Å²) in [5.41, 5.74) is 0.440. The highest BCUT2D eigenvalue weighted by atomic mass is 79.9. The molecule has 4 heteroatoms. The van der Waals surface area contributed by atoms with Crippen LogP contribution in [-0.2, 0) is 4.79 Å². The van der Waals surface area contributed by atoms with Crippen molar-refractivity contribution < 1.29 is 9.21 Å². The van der Waals surface area contributed by atoms with Gasteiger partial charge in [-0.05, 0) is 24.3 Å². The van der Waals surface area contributed by atoms with Crippen molar-refractivity contribution in [2.24, 2.45) is 5.41 Å². The van der Waals surface area contributed by atoms with Crippen LogP contribution in [0.15, 0.2) is 50.9 Å².